The summed E-state index contributed by atoms with van der Waals surface area (Å²) in [6.07, 6.45) is 0.933. The van der Waals surface area contributed by atoms with Gasteiger partial charge in [0.15, 0.2) is 5.96 Å². The van der Waals surface area contributed by atoms with Crippen molar-refractivity contribution >= 4 is 35.6 Å². The van der Waals surface area contributed by atoms with Gasteiger partial charge in [0.05, 0.1) is 6.04 Å². The zero-order valence-corrected chi connectivity index (χ0v) is 18.7. The lowest BCUT2D eigenvalue weighted by Gasteiger charge is -2.28. The molecule has 1 fully saturated rings. The summed E-state index contributed by atoms with van der Waals surface area (Å²) in [5.41, 5.74) is 21.3. The van der Waals surface area contributed by atoms with Gasteiger partial charge < -0.3 is 43.6 Å². The van der Waals surface area contributed by atoms with Gasteiger partial charge in [0.1, 0.15) is 18.1 Å². The second-order valence-corrected chi connectivity index (χ2v) is 7.89. The molecule has 186 valence electrons. The Morgan fingerprint density at radius 2 is 1.70 bits per heavy atom. The number of carboxylic acid groups (broad SMARTS) is 1. The predicted octanol–water partition coefficient (Wildman–Crippen LogP) is -3.30. The van der Waals surface area contributed by atoms with Crippen LogP contribution in [0.4, 0.5) is 0 Å². The molecule has 4 amide bonds. The summed E-state index contributed by atoms with van der Waals surface area (Å²) in [6, 6.07) is -4.15. The minimum atomic E-state index is -1.20. The van der Waals surface area contributed by atoms with E-state index in [1.807, 2.05) is 0 Å². The van der Waals surface area contributed by atoms with Crippen LogP contribution in [0.25, 0.3) is 0 Å². The van der Waals surface area contributed by atoms with Crippen LogP contribution in [-0.4, -0.2) is 82.8 Å². The third kappa shape index (κ3) is 9.31. The number of guanidine groups is 1. The maximum absolute atomic E-state index is 13.0. The van der Waals surface area contributed by atoms with Crippen LogP contribution in [0.3, 0.4) is 0 Å². The van der Waals surface area contributed by atoms with Crippen LogP contribution in [0.15, 0.2) is 4.99 Å². The van der Waals surface area contributed by atoms with E-state index in [1.165, 1.54) is 11.8 Å². The summed E-state index contributed by atoms with van der Waals surface area (Å²) in [5.74, 6) is -3.86. The third-order valence-electron chi connectivity index (χ3n) is 5.11. The van der Waals surface area contributed by atoms with Gasteiger partial charge >= 0.3 is 5.97 Å². The molecule has 0 aromatic rings. The topological polar surface area (TPSA) is 249 Å². The van der Waals surface area contributed by atoms with Crippen molar-refractivity contribution in [3.05, 3.63) is 0 Å². The van der Waals surface area contributed by atoms with Crippen LogP contribution >= 0.6 is 0 Å². The molecule has 0 radical (unpaired) electrons. The van der Waals surface area contributed by atoms with Crippen LogP contribution in [0.2, 0.25) is 0 Å². The molecule has 0 aliphatic carbocycles. The van der Waals surface area contributed by atoms with Crippen LogP contribution in [0.1, 0.15) is 45.4 Å². The van der Waals surface area contributed by atoms with Gasteiger partial charge in [0.2, 0.25) is 23.6 Å². The number of carboxylic acids is 1. The number of nitrogens with one attached hydrogen (secondary N) is 2. The van der Waals surface area contributed by atoms with Gasteiger partial charge in [0, 0.05) is 19.5 Å². The summed E-state index contributed by atoms with van der Waals surface area (Å²) in [5, 5.41) is 14.4. The van der Waals surface area contributed by atoms with Crippen LogP contribution in [0.5, 0.6) is 0 Å². The number of primary amides is 1. The molecule has 14 nitrogen and oxygen atoms in total. The number of hydrogen-bond donors (Lipinski definition) is 7. The van der Waals surface area contributed by atoms with Gasteiger partial charge in [-0.15, -0.1) is 0 Å². The molecule has 33 heavy (non-hydrogen) atoms. The van der Waals surface area contributed by atoms with Crippen molar-refractivity contribution < 1.29 is 29.1 Å². The Hall–Kier alpha value is -3.42. The molecule has 4 atom stereocenters. The molecule has 0 aromatic carbocycles. The van der Waals surface area contributed by atoms with E-state index in [1.54, 1.807) is 0 Å². The first-order valence-electron chi connectivity index (χ1n) is 10.7. The van der Waals surface area contributed by atoms with Gasteiger partial charge in [-0.1, -0.05) is 0 Å². The molecule has 1 saturated heterocycles. The average Bonchev–Trinajstić information content (AvgIpc) is 3.22. The molecule has 4 unspecified atom stereocenters. The van der Waals surface area contributed by atoms with Crippen molar-refractivity contribution in [2.75, 3.05) is 13.1 Å². The number of aliphatic imine (C=N–C) groups is 1. The molecule has 1 aliphatic heterocycles. The van der Waals surface area contributed by atoms with Gasteiger partial charge in [-0.2, -0.15) is 0 Å². The van der Waals surface area contributed by atoms with Gasteiger partial charge in [-0.3, -0.25) is 24.2 Å². The lowest BCUT2D eigenvalue weighted by Crippen LogP contribution is -2.57. The number of aliphatic carboxylic acids is 1. The van der Waals surface area contributed by atoms with Gasteiger partial charge in [-0.05, 0) is 39.0 Å². The molecule has 0 bridgehead atoms. The van der Waals surface area contributed by atoms with Gasteiger partial charge in [0.25, 0.3) is 0 Å². The van der Waals surface area contributed by atoms with Crippen molar-refractivity contribution in [3.63, 3.8) is 0 Å². The lowest BCUT2D eigenvalue weighted by molar-refractivity contribution is -0.149. The molecule has 0 spiro atoms. The largest absolute Gasteiger partial charge is 0.480 e. The second-order valence-electron chi connectivity index (χ2n) is 7.89. The Morgan fingerprint density at radius 1 is 1.06 bits per heavy atom. The van der Waals surface area contributed by atoms with E-state index in [9.17, 15) is 29.1 Å². The van der Waals surface area contributed by atoms with E-state index in [-0.39, 0.29) is 44.7 Å². The predicted molar refractivity (Wildman–Crippen MR) is 118 cm³/mol. The Bertz CT molecular complexity index is 767. The third-order valence-corrected chi connectivity index (χ3v) is 5.11. The van der Waals surface area contributed by atoms with Crippen molar-refractivity contribution in [2.45, 2.75) is 69.6 Å². The zero-order chi connectivity index (χ0) is 25.1. The van der Waals surface area contributed by atoms with E-state index >= 15 is 0 Å². The molecule has 14 heteroatoms. The number of likely N-dealkylation sites (tertiary alicyclic amines) is 1. The SMILES string of the molecule is CC(N)C(=O)NC(CCCN=C(N)N)C(=O)NC(CCC(N)=O)C(=O)N1CCCC1C(=O)O. The van der Waals surface area contributed by atoms with E-state index in [0.29, 0.717) is 12.8 Å². The van der Waals surface area contributed by atoms with Crippen molar-refractivity contribution in [3.8, 4) is 0 Å². The van der Waals surface area contributed by atoms with Gasteiger partial charge in [-0.25, -0.2) is 4.79 Å². The fourth-order valence-electron chi connectivity index (χ4n) is 3.38. The van der Waals surface area contributed by atoms with Crippen LogP contribution < -0.4 is 33.6 Å². The summed E-state index contributed by atoms with van der Waals surface area (Å²) in [6.45, 7) is 1.86. The van der Waals surface area contributed by atoms with Crippen LogP contribution in [-0.2, 0) is 24.0 Å². The number of hydrogen-bond acceptors (Lipinski definition) is 7. The van der Waals surface area contributed by atoms with Crippen molar-refractivity contribution in [2.24, 2.45) is 27.9 Å². The molecule has 11 N–H and O–H groups in total. The molecule has 1 aliphatic rings. The maximum atomic E-state index is 13.0. The second kappa shape index (κ2) is 13.2. The van der Waals surface area contributed by atoms with Crippen molar-refractivity contribution in [1.29, 1.82) is 0 Å². The Labute approximate surface area is 191 Å². The first kappa shape index (κ1) is 27.6. The molecule has 1 rings (SSSR count). The first-order valence-corrected chi connectivity index (χ1v) is 10.7. The average molecular weight is 471 g/mol. The Morgan fingerprint density at radius 3 is 2.24 bits per heavy atom. The summed E-state index contributed by atoms with van der Waals surface area (Å²) in [7, 11) is 0. The lowest BCUT2D eigenvalue weighted by atomic mass is 10.1. The summed E-state index contributed by atoms with van der Waals surface area (Å²) < 4.78 is 0. The first-order chi connectivity index (χ1) is 15.4. The highest BCUT2D eigenvalue weighted by molar-refractivity contribution is 5.94. The minimum absolute atomic E-state index is 0.119. The quantitative estimate of drug-likeness (QED) is 0.0807. The summed E-state index contributed by atoms with van der Waals surface area (Å²) >= 11 is 0. The number of amides is 4. The highest BCUT2D eigenvalue weighted by Crippen LogP contribution is 2.19. The number of carbonyl (C=O) groups excluding carboxylic acids is 4. The van der Waals surface area contributed by atoms with E-state index in [2.05, 4.69) is 15.6 Å². The fraction of sp³-hybridized carbons (Fsp3) is 0.684. The van der Waals surface area contributed by atoms with Crippen molar-refractivity contribution in [1.82, 2.24) is 15.5 Å². The smallest absolute Gasteiger partial charge is 0.326 e. The number of nitrogens with zero attached hydrogens (tertiary/aromatic N) is 2. The monoisotopic (exact) mass is 470 g/mol. The van der Waals surface area contributed by atoms with Crippen LogP contribution in [0, 0.1) is 0 Å². The van der Waals surface area contributed by atoms with E-state index in [4.69, 9.17) is 22.9 Å². The number of nitrogens with two attached hydrogens (primary N) is 4. The molecule has 0 aromatic heterocycles. The maximum Gasteiger partial charge on any atom is 0.326 e. The molecule has 0 saturated carbocycles. The standard InChI is InChI=1S/C19H34N8O6/c1-10(20)15(29)25-11(4-2-8-24-19(22)23)16(30)26-12(6-7-14(21)28)17(31)27-9-3-5-13(27)18(32)33/h10-13H,2-9,20H2,1H3,(H2,21,28)(H,25,29)(H,26,30)(H,32,33)(H4,22,23,24). The Kier molecular flexibility index (Phi) is 11.0. The number of carbonyl (C=O) groups is 5. The molecular formula is C19H34N8O6. The molecule has 1 heterocycles. The normalized spacial score (nSPS) is 18.0. The Balaban J connectivity index is 3.00. The zero-order valence-electron chi connectivity index (χ0n) is 18.7. The summed E-state index contributed by atoms with van der Waals surface area (Å²) in [4.78, 5) is 65.8. The highest BCUT2D eigenvalue weighted by atomic mass is 16.4. The fourth-order valence-corrected chi connectivity index (χ4v) is 3.38. The number of rotatable bonds is 13. The minimum Gasteiger partial charge on any atom is -0.480 e. The highest BCUT2D eigenvalue weighted by Gasteiger charge is 2.38. The molecular weight excluding hydrogens is 436 g/mol. The van der Waals surface area contributed by atoms with E-state index < -0.39 is 53.8 Å². The van der Waals surface area contributed by atoms with E-state index in [0.717, 1.165) is 0 Å².